The van der Waals surface area contributed by atoms with Crippen molar-refractivity contribution in [1.29, 1.82) is 0 Å². The average Bonchev–Trinajstić information content (AvgIpc) is 3.05. The summed E-state index contributed by atoms with van der Waals surface area (Å²) in [7, 11) is 0. The normalized spacial score (nSPS) is 12.8. The Morgan fingerprint density at radius 3 is 2.89 bits per heavy atom. The number of hydrogen-bond acceptors (Lipinski definition) is 5. The lowest BCUT2D eigenvalue weighted by Crippen LogP contribution is -2.42. The van der Waals surface area contributed by atoms with Crippen LogP contribution in [0.2, 0.25) is 0 Å². The number of halogens is 4. The van der Waals surface area contributed by atoms with Crippen molar-refractivity contribution in [2.45, 2.75) is 19.1 Å². The van der Waals surface area contributed by atoms with Gasteiger partial charge < -0.3 is 15.6 Å². The number of carbonyl (C=O) groups excluding carboxylic acids is 1. The van der Waals surface area contributed by atoms with E-state index < -0.39 is 30.5 Å². The molecule has 0 aliphatic rings. The van der Waals surface area contributed by atoms with Gasteiger partial charge in [-0.25, -0.2) is 19.3 Å². The lowest BCUT2D eigenvalue weighted by molar-refractivity contribution is -0.380. The molecule has 0 saturated carbocycles. The van der Waals surface area contributed by atoms with Crippen LogP contribution in [0.1, 0.15) is 6.92 Å². The number of nitrogens with one attached hydrogen (secondary N) is 4. The van der Waals surface area contributed by atoms with Crippen LogP contribution in [0.15, 0.2) is 24.9 Å². The number of alkyl halides is 3. The van der Waals surface area contributed by atoms with E-state index in [0.717, 1.165) is 6.20 Å². The van der Waals surface area contributed by atoms with Crippen LogP contribution in [-0.4, -0.2) is 44.6 Å². The second-order valence-electron chi connectivity index (χ2n) is 5.62. The van der Waals surface area contributed by atoms with E-state index in [4.69, 9.17) is 0 Å². The molecule has 0 bridgehead atoms. The van der Waals surface area contributed by atoms with Gasteiger partial charge in [0.15, 0.2) is 17.5 Å². The Bertz CT molecular complexity index is 972. The summed E-state index contributed by atoms with van der Waals surface area (Å²) in [6, 6.07) is -1.15. The first-order chi connectivity index (χ1) is 12.7. The molecule has 4 N–H and O–H groups in total. The molecule has 0 aromatic carbocycles. The van der Waals surface area contributed by atoms with Crippen LogP contribution in [0, 0.1) is 5.82 Å². The number of hydrogen-bond donors (Lipinski definition) is 3. The van der Waals surface area contributed by atoms with Crippen molar-refractivity contribution in [2.24, 2.45) is 0 Å². The molecule has 27 heavy (non-hydrogen) atoms. The molecule has 3 heterocycles. The lowest BCUT2D eigenvalue weighted by Gasteiger charge is -2.16. The average molecular weight is 384 g/mol. The number of carbonyl (C=O) groups is 1. The van der Waals surface area contributed by atoms with Crippen LogP contribution in [0.25, 0.3) is 22.4 Å². The van der Waals surface area contributed by atoms with E-state index in [-0.39, 0.29) is 11.6 Å². The molecule has 0 spiro atoms. The van der Waals surface area contributed by atoms with E-state index in [9.17, 15) is 22.4 Å². The number of H-pyrrole nitrogens is 2. The first-order valence-electron chi connectivity index (χ1n) is 7.71. The number of amides is 1. The maximum Gasteiger partial charge on any atom is 0.405 e. The quantitative estimate of drug-likeness (QED) is 0.577. The first kappa shape index (κ1) is 18.5. The third kappa shape index (κ3) is 4.27. The Morgan fingerprint density at radius 2 is 2.15 bits per heavy atom. The first-order valence-corrected chi connectivity index (χ1v) is 7.71. The molecule has 1 amide bonds. The van der Waals surface area contributed by atoms with Crippen LogP contribution in [0.5, 0.6) is 0 Å². The summed E-state index contributed by atoms with van der Waals surface area (Å²) in [4.78, 5) is 29.5. The Morgan fingerprint density at radius 1 is 1.37 bits per heavy atom. The minimum Gasteiger partial charge on any atom is -0.356 e. The largest absolute Gasteiger partial charge is 0.405 e. The zero-order chi connectivity index (χ0) is 19.6. The number of aromatic nitrogens is 5. The summed E-state index contributed by atoms with van der Waals surface area (Å²) in [5.74, 6) is -1.96. The molecule has 3 aromatic rings. The Balaban J connectivity index is 1.80. The van der Waals surface area contributed by atoms with Crippen LogP contribution in [0.4, 0.5) is 23.4 Å². The molecule has 1 atom stereocenters. The van der Waals surface area contributed by atoms with Crippen molar-refractivity contribution in [3.8, 4) is 11.4 Å². The molecular formula is C15H14F4N7O+. The predicted molar refractivity (Wildman–Crippen MR) is 85.8 cm³/mol. The van der Waals surface area contributed by atoms with E-state index in [2.05, 4.69) is 30.2 Å². The zero-order valence-corrected chi connectivity index (χ0v) is 13.9. The fourth-order valence-electron chi connectivity index (χ4n) is 2.29. The van der Waals surface area contributed by atoms with E-state index in [1.54, 1.807) is 17.7 Å². The van der Waals surface area contributed by atoms with Crippen LogP contribution in [-0.2, 0) is 4.79 Å². The van der Waals surface area contributed by atoms with Gasteiger partial charge >= 0.3 is 6.18 Å². The summed E-state index contributed by atoms with van der Waals surface area (Å²) in [6.45, 7) is -0.189. The van der Waals surface area contributed by atoms with Gasteiger partial charge in [0.25, 0.3) is 12.0 Å². The van der Waals surface area contributed by atoms with Crippen molar-refractivity contribution in [1.82, 2.24) is 25.3 Å². The molecule has 0 fully saturated rings. The van der Waals surface area contributed by atoms with Crippen molar-refractivity contribution in [2.75, 3.05) is 11.9 Å². The molecular weight excluding hydrogens is 370 g/mol. The van der Waals surface area contributed by atoms with Gasteiger partial charge in [-0.3, -0.25) is 4.79 Å². The van der Waals surface area contributed by atoms with Crippen molar-refractivity contribution >= 4 is 22.8 Å². The van der Waals surface area contributed by atoms with Gasteiger partial charge in [0, 0.05) is 6.20 Å². The predicted octanol–water partition coefficient (Wildman–Crippen LogP) is 1.45. The summed E-state index contributed by atoms with van der Waals surface area (Å²) in [5, 5.41) is 4.83. The Kier molecular flexibility index (Phi) is 4.88. The van der Waals surface area contributed by atoms with Gasteiger partial charge in [-0.1, -0.05) is 0 Å². The highest BCUT2D eigenvalue weighted by Gasteiger charge is 2.29. The molecule has 3 aromatic heterocycles. The van der Waals surface area contributed by atoms with E-state index in [1.807, 2.05) is 0 Å². The molecule has 3 rings (SSSR count). The highest BCUT2D eigenvalue weighted by Crippen LogP contribution is 2.25. The molecule has 0 aliphatic heterocycles. The second kappa shape index (κ2) is 7.13. The van der Waals surface area contributed by atoms with Crippen molar-refractivity contribution in [3.05, 3.63) is 30.7 Å². The van der Waals surface area contributed by atoms with Gasteiger partial charge in [-0.15, -0.1) is 0 Å². The fraction of sp³-hybridized carbons (Fsp3) is 0.267. The minimum absolute atomic E-state index is 0.148. The summed E-state index contributed by atoms with van der Waals surface area (Å²) in [6.07, 6.45) is 1.08. The Labute approximate surface area is 149 Å². The standard InChI is InChI=1S/C15H13F4N7O/c1-7(14(27)23-5-15(17,18)19)25-13-10(16)4-22-12(26-13)9-3-21-11-8(9)2-20-6-24-11/h2-4,6-7H,5H2,1H3,(H,23,27)(H,20,21,24)(H,22,25,26)/p+1/t7-/m0/s1. The topological polar surface area (TPSA) is 110 Å². The third-order valence-corrected chi connectivity index (χ3v) is 3.59. The maximum atomic E-state index is 14.0. The number of anilines is 1. The molecule has 8 nitrogen and oxygen atoms in total. The lowest BCUT2D eigenvalue weighted by atomic mass is 10.2. The monoisotopic (exact) mass is 384 g/mol. The van der Waals surface area contributed by atoms with Crippen molar-refractivity contribution in [3.63, 3.8) is 0 Å². The van der Waals surface area contributed by atoms with Gasteiger partial charge in [0.1, 0.15) is 18.8 Å². The number of fused-ring (bicyclic) bond motifs is 1. The maximum absolute atomic E-state index is 14.0. The molecule has 0 saturated heterocycles. The number of aromatic amines is 2. The van der Waals surface area contributed by atoms with Gasteiger partial charge in [0.2, 0.25) is 5.91 Å². The minimum atomic E-state index is -4.54. The molecule has 142 valence electrons. The Hall–Kier alpha value is -3.31. The van der Waals surface area contributed by atoms with E-state index in [0.29, 0.717) is 16.6 Å². The SMILES string of the molecule is C[C@H](Nc1nc(-c2c[nH]c3nc[nH+]cc23)ncc1F)C(=O)NCC(F)(F)F. The molecule has 0 aliphatic carbocycles. The van der Waals surface area contributed by atoms with Crippen LogP contribution in [0.3, 0.4) is 0 Å². The fourth-order valence-corrected chi connectivity index (χ4v) is 2.29. The smallest absolute Gasteiger partial charge is 0.356 e. The summed E-state index contributed by atoms with van der Waals surface area (Å²) >= 11 is 0. The van der Waals surface area contributed by atoms with Crippen molar-refractivity contribution < 1.29 is 27.3 Å². The second-order valence-corrected chi connectivity index (χ2v) is 5.62. The van der Waals surface area contributed by atoms with Crippen LogP contribution < -0.4 is 15.6 Å². The number of nitrogens with zero attached hydrogens (tertiary/aromatic N) is 3. The highest BCUT2D eigenvalue weighted by atomic mass is 19.4. The van der Waals surface area contributed by atoms with E-state index in [1.165, 1.54) is 13.3 Å². The van der Waals surface area contributed by atoms with Crippen LogP contribution >= 0.6 is 0 Å². The molecule has 0 unspecified atom stereocenters. The molecule has 12 heteroatoms. The van der Waals surface area contributed by atoms with Gasteiger partial charge in [-0.05, 0) is 11.9 Å². The highest BCUT2D eigenvalue weighted by molar-refractivity contribution is 5.90. The number of rotatable bonds is 5. The summed E-state index contributed by atoms with van der Waals surface area (Å²) in [5.41, 5.74) is 1.10. The molecule has 0 radical (unpaired) electrons. The third-order valence-electron chi connectivity index (χ3n) is 3.59. The zero-order valence-electron chi connectivity index (χ0n) is 13.9. The van der Waals surface area contributed by atoms with E-state index >= 15 is 0 Å². The van der Waals surface area contributed by atoms with Gasteiger partial charge in [-0.2, -0.15) is 13.2 Å². The van der Waals surface area contributed by atoms with Gasteiger partial charge in [0.05, 0.1) is 17.1 Å². The summed E-state index contributed by atoms with van der Waals surface area (Å²) < 4.78 is 50.5.